The van der Waals surface area contributed by atoms with Crippen LogP contribution in [0.4, 0.5) is 4.79 Å². The van der Waals surface area contributed by atoms with E-state index < -0.39 is 0 Å². The molecule has 1 aliphatic heterocycles. The fraction of sp³-hybridized carbons (Fsp3) is 0.600. The van der Waals surface area contributed by atoms with Gasteiger partial charge in [-0.3, -0.25) is 10.7 Å². The molecule has 0 radical (unpaired) electrons. The van der Waals surface area contributed by atoms with Gasteiger partial charge in [0.05, 0.1) is 12.6 Å². The van der Waals surface area contributed by atoms with E-state index in [4.69, 9.17) is 11.8 Å². The van der Waals surface area contributed by atoms with Gasteiger partial charge in [0.2, 0.25) is 0 Å². The molecule has 1 saturated heterocycles. The minimum Gasteiger partial charge on any atom is -0.303 e. The molecular weight excluding hydrogens is 178 g/mol. The van der Waals surface area contributed by atoms with Gasteiger partial charge in [-0.05, 0) is 6.42 Å². The monoisotopic (exact) mass is 193 g/mol. The summed E-state index contributed by atoms with van der Waals surface area (Å²) >= 11 is 0. The predicted molar refractivity (Wildman–Crippen MR) is 55.1 cm³/mol. The van der Waals surface area contributed by atoms with Gasteiger partial charge >= 0.3 is 6.03 Å². The second-order valence-corrected chi connectivity index (χ2v) is 3.33. The van der Waals surface area contributed by atoms with Crippen molar-refractivity contribution in [2.24, 2.45) is 0 Å². The van der Waals surface area contributed by atoms with E-state index in [9.17, 15) is 4.79 Å². The fourth-order valence-corrected chi connectivity index (χ4v) is 1.55. The Morgan fingerprint density at radius 3 is 3.00 bits per heavy atom. The molecule has 0 aromatic carbocycles. The van der Waals surface area contributed by atoms with Gasteiger partial charge in [-0.25, -0.2) is 4.79 Å². The SMILES string of the molecule is C#CCN1C(=O)NC(=N)C1CCCC. The van der Waals surface area contributed by atoms with Crippen LogP contribution in [-0.2, 0) is 0 Å². The average molecular weight is 193 g/mol. The standard InChI is InChI=1S/C10H15N3O/c1-3-5-6-8-9(11)12-10(14)13(8)7-4-2/h2,8H,3,5-7H2,1H3,(H2,11,12,14). The molecule has 4 heteroatoms. The normalized spacial score (nSPS) is 20.9. The highest BCUT2D eigenvalue weighted by Crippen LogP contribution is 2.14. The maximum atomic E-state index is 11.3. The maximum Gasteiger partial charge on any atom is 0.324 e. The van der Waals surface area contributed by atoms with E-state index >= 15 is 0 Å². The molecule has 1 rings (SSSR count). The van der Waals surface area contributed by atoms with Crippen LogP contribution in [0, 0.1) is 17.8 Å². The first-order valence-electron chi connectivity index (χ1n) is 4.80. The van der Waals surface area contributed by atoms with Crippen LogP contribution in [0.5, 0.6) is 0 Å². The van der Waals surface area contributed by atoms with Gasteiger partial charge in [-0.2, -0.15) is 0 Å². The average Bonchev–Trinajstić information content (AvgIpc) is 2.40. The summed E-state index contributed by atoms with van der Waals surface area (Å²) < 4.78 is 0. The van der Waals surface area contributed by atoms with E-state index in [2.05, 4.69) is 18.2 Å². The molecule has 1 fully saturated rings. The zero-order chi connectivity index (χ0) is 10.6. The van der Waals surface area contributed by atoms with Crippen molar-refractivity contribution in [1.82, 2.24) is 10.2 Å². The van der Waals surface area contributed by atoms with Gasteiger partial charge < -0.3 is 4.90 Å². The number of terminal acetylenes is 1. The minimum absolute atomic E-state index is 0.140. The number of carbonyl (C=O) groups is 1. The summed E-state index contributed by atoms with van der Waals surface area (Å²) in [4.78, 5) is 12.9. The highest BCUT2D eigenvalue weighted by molar-refractivity contribution is 6.05. The molecule has 14 heavy (non-hydrogen) atoms. The second-order valence-electron chi connectivity index (χ2n) is 3.33. The topological polar surface area (TPSA) is 56.2 Å². The van der Waals surface area contributed by atoms with Crippen LogP contribution in [0.25, 0.3) is 0 Å². The lowest BCUT2D eigenvalue weighted by Gasteiger charge is -2.19. The largest absolute Gasteiger partial charge is 0.324 e. The Balaban J connectivity index is 2.64. The van der Waals surface area contributed by atoms with Crippen LogP contribution in [0.3, 0.4) is 0 Å². The van der Waals surface area contributed by atoms with Gasteiger partial charge in [0.25, 0.3) is 0 Å². The molecule has 1 unspecified atom stereocenters. The van der Waals surface area contributed by atoms with Crippen LogP contribution in [0.15, 0.2) is 0 Å². The lowest BCUT2D eigenvalue weighted by molar-refractivity contribution is 0.210. The van der Waals surface area contributed by atoms with E-state index in [1.807, 2.05) is 0 Å². The van der Waals surface area contributed by atoms with Crippen LogP contribution < -0.4 is 5.32 Å². The number of urea groups is 1. The number of hydrogen-bond donors (Lipinski definition) is 2. The van der Waals surface area contributed by atoms with Crippen molar-refractivity contribution in [1.29, 1.82) is 5.41 Å². The molecule has 0 bridgehead atoms. The molecule has 0 spiro atoms. The van der Waals surface area contributed by atoms with Crippen molar-refractivity contribution in [3.05, 3.63) is 0 Å². The Bertz CT molecular complexity index is 280. The van der Waals surface area contributed by atoms with Gasteiger partial charge in [-0.15, -0.1) is 6.42 Å². The first-order chi connectivity index (χ1) is 6.70. The molecule has 1 aliphatic rings. The molecule has 0 saturated carbocycles. The minimum atomic E-state index is -0.242. The Hall–Kier alpha value is -1.50. The van der Waals surface area contributed by atoms with E-state index in [1.54, 1.807) is 0 Å². The first kappa shape index (κ1) is 10.6. The number of rotatable bonds is 4. The Morgan fingerprint density at radius 2 is 2.43 bits per heavy atom. The number of nitrogens with zero attached hydrogens (tertiary/aromatic N) is 1. The molecule has 2 N–H and O–H groups in total. The summed E-state index contributed by atoms with van der Waals surface area (Å²) in [7, 11) is 0. The van der Waals surface area contributed by atoms with Crippen molar-refractivity contribution in [2.75, 3.05) is 6.54 Å². The van der Waals surface area contributed by atoms with Crippen molar-refractivity contribution in [3.63, 3.8) is 0 Å². The van der Waals surface area contributed by atoms with Crippen molar-refractivity contribution in [3.8, 4) is 12.3 Å². The third-order valence-electron chi connectivity index (χ3n) is 2.30. The lowest BCUT2D eigenvalue weighted by atomic mass is 10.1. The second kappa shape index (κ2) is 4.66. The van der Waals surface area contributed by atoms with Crippen LogP contribution >= 0.6 is 0 Å². The third-order valence-corrected chi connectivity index (χ3v) is 2.30. The summed E-state index contributed by atoms with van der Waals surface area (Å²) in [6.07, 6.45) is 8.04. The zero-order valence-electron chi connectivity index (χ0n) is 8.34. The quantitative estimate of drug-likeness (QED) is 0.647. The summed E-state index contributed by atoms with van der Waals surface area (Å²) in [6, 6.07) is -0.382. The Labute approximate surface area is 84.2 Å². The van der Waals surface area contributed by atoms with Crippen LogP contribution in [0.1, 0.15) is 26.2 Å². The summed E-state index contributed by atoms with van der Waals surface area (Å²) in [5, 5.41) is 10.1. The molecule has 2 amide bonds. The molecule has 0 aliphatic carbocycles. The molecule has 76 valence electrons. The van der Waals surface area contributed by atoms with E-state index in [1.165, 1.54) is 4.90 Å². The summed E-state index contributed by atoms with van der Waals surface area (Å²) in [5.74, 6) is 2.71. The third kappa shape index (κ3) is 2.05. The molecule has 4 nitrogen and oxygen atoms in total. The number of hydrogen-bond acceptors (Lipinski definition) is 2. The number of amidine groups is 1. The summed E-state index contributed by atoms with van der Waals surface area (Å²) in [6.45, 7) is 2.36. The van der Waals surface area contributed by atoms with Gasteiger partial charge in [-0.1, -0.05) is 25.7 Å². The lowest BCUT2D eigenvalue weighted by Crippen LogP contribution is -2.35. The zero-order valence-corrected chi connectivity index (χ0v) is 8.34. The number of carbonyl (C=O) groups excluding carboxylic acids is 1. The number of unbranched alkanes of at least 4 members (excludes halogenated alkanes) is 1. The predicted octanol–water partition coefficient (Wildman–Crippen LogP) is 1.18. The van der Waals surface area contributed by atoms with E-state index in [0.717, 1.165) is 19.3 Å². The van der Waals surface area contributed by atoms with Crippen molar-refractivity contribution in [2.45, 2.75) is 32.2 Å². The first-order valence-corrected chi connectivity index (χ1v) is 4.80. The number of nitrogens with one attached hydrogen (secondary N) is 2. The van der Waals surface area contributed by atoms with Gasteiger partial charge in [0.15, 0.2) is 0 Å². The van der Waals surface area contributed by atoms with E-state index in [-0.39, 0.29) is 24.5 Å². The Kier molecular flexibility index (Phi) is 3.52. The fourth-order valence-electron chi connectivity index (χ4n) is 1.55. The highest BCUT2D eigenvalue weighted by atomic mass is 16.2. The maximum absolute atomic E-state index is 11.3. The number of amides is 2. The van der Waals surface area contributed by atoms with Crippen molar-refractivity contribution < 1.29 is 4.79 Å². The van der Waals surface area contributed by atoms with Crippen LogP contribution in [-0.4, -0.2) is 29.4 Å². The van der Waals surface area contributed by atoms with Crippen LogP contribution in [0.2, 0.25) is 0 Å². The molecule has 0 aromatic rings. The summed E-state index contributed by atoms with van der Waals surface area (Å²) in [5.41, 5.74) is 0. The van der Waals surface area contributed by atoms with Crippen molar-refractivity contribution >= 4 is 11.9 Å². The van der Waals surface area contributed by atoms with Gasteiger partial charge in [0, 0.05) is 0 Å². The Morgan fingerprint density at radius 1 is 1.71 bits per heavy atom. The van der Waals surface area contributed by atoms with E-state index in [0.29, 0.717) is 0 Å². The molecular formula is C10H15N3O. The molecule has 1 atom stereocenters. The highest BCUT2D eigenvalue weighted by Gasteiger charge is 2.34. The molecule has 1 heterocycles. The molecule has 0 aromatic heterocycles. The van der Waals surface area contributed by atoms with Gasteiger partial charge in [0.1, 0.15) is 5.84 Å². The smallest absolute Gasteiger partial charge is 0.303 e.